The fourth-order valence-corrected chi connectivity index (χ4v) is 1.81. The Morgan fingerprint density at radius 1 is 1.50 bits per heavy atom. The number of carbonyl (C=O) groups excluding carboxylic acids is 1. The van der Waals surface area contributed by atoms with Gasteiger partial charge in [-0.05, 0) is 18.1 Å². The maximum atomic E-state index is 11.5. The molecule has 1 aliphatic heterocycles. The van der Waals surface area contributed by atoms with Crippen LogP contribution in [0.5, 0.6) is 0 Å². The number of ether oxygens (including phenoxy) is 1. The van der Waals surface area contributed by atoms with E-state index in [2.05, 4.69) is 0 Å². The fraction of sp³-hybridized carbons (Fsp3) is 0.417. The van der Waals surface area contributed by atoms with Gasteiger partial charge >= 0.3 is 6.09 Å². The quantitative estimate of drug-likeness (QED) is 0.837. The predicted octanol–water partition coefficient (Wildman–Crippen LogP) is 1.31. The number of cyclic esters (lactones) is 1. The summed E-state index contributed by atoms with van der Waals surface area (Å²) in [5.41, 5.74) is 2.22. The molecular weight excluding hydrogens is 206 g/mol. The van der Waals surface area contributed by atoms with E-state index < -0.39 is 0 Å². The minimum atomic E-state index is -0.345. The van der Waals surface area contributed by atoms with Gasteiger partial charge in [0.2, 0.25) is 0 Å². The third-order valence-electron chi connectivity index (χ3n) is 2.89. The second-order valence-corrected chi connectivity index (χ2v) is 3.97. The fourth-order valence-electron chi connectivity index (χ4n) is 1.81. The molecule has 1 N–H and O–H groups in total. The normalized spacial score (nSPS) is 20.0. The molecule has 4 nitrogen and oxygen atoms in total. The first-order chi connectivity index (χ1) is 7.72. The Labute approximate surface area is 94.4 Å². The van der Waals surface area contributed by atoms with Crippen molar-refractivity contribution < 1.29 is 14.6 Å². The van der Waals surface area contributed by atoms with Gasteiger partial charge in [-0.15, -0.1) is 0 Å². The molecule has 1 unspecified atom stereocenters. The van der Waals surface area contributed by atoms with Crippen LogP contribution in [0.25, 0.3) is 0 Å². The summed E-state index contributed by atoms with van der Waals surface area (Å²) in [5, 5.41) is 9.13. The van der Waals surface area contributed by atoms with Crippen molar-refractivity contribution in [3.63, 3.8) is 0 Å². The van der Waals surface area contributed by atoms with E-state index >= 15 is 0 Å². The molecule has 0 spiro atoms. The number of rotatable bonds is 3. The van der Waals surface area contributed by atoms with E-state index in [4.69, 9.17) is 9.84 Å². The molecule has 1 heterocycles. The number of aliphatic hydroxyl groups excluding tert-OH is 1. The summed E-state index contributed by atoms with van der Waals surface area (Å²) in [4.78, 5) is 13.0. The topological polar surface area (TPSA) is 49.8 Å². The minimum absolute atomic E-state index is 0.0579. The lowest BCUT2D eigenvalue weighted by Gasteiger charge is -2.20. The second-order valence-electron chi connectivity index (χ2n) is 3.97. The first-order valence-corrected chi connectivity index (χ1v) is 5.31. The van der Waals surface area contributed by atoms with Gasteiger partial charge in [0.1, 0.15) is 6.61 Å². The molecule has 1 amide bonds. The molecule has 0 bridgehead atoms. The summed E-state index contributed by atoms with van der Waals surface area (Å²) in [7, 11) is 0. The van der Waals surface area contributed by atoms with Crippen molar-refractivity contribution in [3.8, 4) is 0 Å². The van der Waals surface area contributed by atoms with Crippen molar-refractivity contribution in [2.24, 2.45) is 0 Å². The van der Waals surface area contributed by atoms with Crippen LogP contribution < -0.4 is 0 Å². The molecule has 1 aliphatic rings. The van der Waals surface area contributed by atoms with Crippen molar-refractivity contribution in [1.29, 1.82) is 0 Å². The maximum absolute atomic E-state index is 11.5. The van der Waals surface area contributed by atoms with Crippen LogP contribution in [0, 0.1) is 6.92 Å². The van der Waals surface area contributed by atoms with E-state index in [1.54, 1.807) is 4.90 Å². The van der Waals surface area contributed by atoms with E-state index in [0.717, 1.165) is 11.1 Å². The Kier molecular flexibility index (Phi) is 3.10. The number of amides is 1. The lowest BCUT2D eigenvalue weighted by molar-refractivity contribution is 0.151. The van der Waals surface area contributed by atoms with Crippen molar-refractivity contribution in [1.82, 2.24) is 4.90 Å². The molecule has 16 heavy (non-hydrogen) atoms. The molecular formula is C12H15NO3. The number of carbonyl (C=O) groups is 1. The molecule has 0 radical (unpaired) electrons. The molecule has 0 aliphatic carbocycles. The number of nitrogens with zero attached hydrogens (tertiary/aromatic N) is 1. The summed E-state index contributed by atoms with van der Waals surface area (Å²) in [5.74, 6) is 0. The molecule has 86 valence electrons. The standard InChI is InChI=1S/C12H15NO3/c1-9-4-2-3-5-10(9)6-13-11(7-14)8-16-12(13)15/h2-5,11,14H,6-8H2,1H3. The predicted molar refractivity (Wildman–Crippen MR) is 58.9 cm³/mol. The molecule has 2 rings (SSSR count). The highest BCUT2D eigenvalue weighted by atomic mass is 16.6. The van der Waals surface area contributed by atoms with Crippen LogP contribution in [0.1, 0.15) is 11.1 Å². The van der Waals surface area contributed by atoms with Gasteiger partial charge in [0.15, 0.2) is 0 Å². The van der Waals surface area contributed by atoms with Crippen molar-refractivity contribution in [3.05, 3.63) is 35.4 Å². The summed E-state index contributed by atoms with van der Waals surface area (Å²) >= 11 is 0. The Bertz CT molecular complexity index is 392. The van der Waals surface area contributed by atoms with Gasteiger partial charge in [-0.3, -0.25) is 4.90 Å². The van der Waals surface area contributed by atoms with Gasteiger partial charge in [0, 0.05) is 6.54 Å². The van der Waals surface area contributed by atoms with Gasteiger partial charge in [-0.25, -0.2) is 4.79 Å². The van der Waals surface area contributed by atoms with Gasteiger partial charge < -0.3 is 9.84 Å². The molecule has 0 saturated carbocycles. The van der Waals surface area contributed by atoms with Crippen LogP contribution in [-0.2, 0) is 11.3 Å². The summed E-state index contributed by atoms with van der Waals surface area (Å²) in [6.45, 7) is 2.72. The average Bonchev–Trinajstić information content (AvgIpc) is 2.63. The highest BCUT2D eigenvalue weighted by molar-refractivity contribution is 5.70. The molecule has 1 aromatic carbocycles. The number of hydrogen-bond donors (Lipinski definition) is 1. The molecule has 4 heteroatoms. The summed E-state index contributed by atoms with van der Waals surface area (Å²) in [6, 6.07) is 7.68. The van der Waals surface area contributed by atoms with Gasteiger partial charge in [0.05, 0.1) is 12.6 Å². The van der Waals surface area contributed by atoms with E-state index in [1.165, 1.54) is 0 Å². The Morgan fingerprint density at radius 3 is 2.94 bits per heavy atom. The molecule has 0 aromatic heterocycles. The van der Waals surface area contributed by atoms with Crippen LogP contribution in [0.3, 0.4) is 0 Å². The molecule has 1 atom stereocenters. The zero-order chi connectivity index (χ0) is 11.5. The smallest absolute Gasteiger partial charge is 0.410 e. The van der Waals surface area contributed by atoms with Gasteiger partial charge in [0.25, 0.3) is 0 Å². The van der Waals surface area contributed by atoms with E-state index in [0.29, 0.717) is 6.54 Å². The van der Waals surface area contributed by atoms with Gasteiger partial charge in [-0.1, -0.05) is 24.3 Å². The minimum Gasteiger partial charge on any atom is -0.447 e. The number of aliphatic hydroxyl groups is 1. The van der Waals surface area contributed by atoms with Crippen LogP contribution in [-0.4, -0.2) is 35.4 Å². The van der Waals surface area contributed by atoms with Crippen molar-refractivity contribution in [2.45, 2.75) is 19.5 Å². The first-order valence-electron chi connectivity index (χ1n) is 5.31. The Hall–Kier alpha value is -1.55. The molecule has 1 saturated heterocycles. The number of aryl methyl sites for hydroxylation is 1. The number of benzene rings is 1. The highest BCUT2D eigenvalue weighted by Crippen LogP contribution is 2.18. The zero-order valence-electron chi connectivity index (χ0n) is 9.22. The average molecular weight is 221 g/mol. The van der Waals surface area contributed by atoms with Crippen LogP contribution >= 0.6 is 0 Å². The largest absolute Gasteiger partial charge is 0.447 e. The maximum Gasteiger partial charge on any atom is 0.410 e. The van der Waals surface area contributed by atoms with E-state index in [-0.39, 0.29) is 25.3 Å². The van der Waals surface area contributed by atoms with Crippen molar-refractivity contribution in [2.75, 3.05) is 13.2 Å². The summed E-state index contributed by atoms with van der Waals surface area (Å²) in [6.07, 6.45) is -0.345. The van der Waals surface area contributed by atoms with Crippen LogP contribution in [0.2, 0.25) is 0 Å². The van der Waals surface area contributed by atoms with E-state index in [9.17, 15) is 4.79 Å². The Morgan fingerprint density at radius 2 is 2.25 bits per heavy atom. The number of hydrogen-bond acceptors (Lipinski definition) is 3. The second kappa shape index (κ2) is 4.53. The highest BCUT2D eigenvalue weighted by Gasteiger charge is 2.32. The first kappa shape index (κ1) is 11.0. The SMILES string of the molecule is Cc1ccccc1CN1C(=O)OCC1CO. The Balaban J connectivity index is 2.14. The monoisotopic (exact) mass is 221 g/mol. The lowest BCUT2D eigenvalue weighted by Crippen LogP contribution is -2.35. The van der Waals surface area contributed by atoms with Crippen LogP contribution in [0.4, 0.5) is 4.79 Å². The zero-order valence-corrected chi connectivity index (χ0v) is 9.22. The molecule has 1 aromatic rings. The van der Waals surface area contributed by atoms with Gasteiger partial charge in [-0.2, -0.15) is 0 Å². The molecule has 1 fully saturated rings. The van der Waals surface area contributed by atoms with Crippen LogP contribution in [0.15, 0.2) is 24.3 Å². The van der Waals surface area contributed by atoms with Crippen molar-refractivity contribution >= 4 is 6.09 Å². The third-order valence-corrected chi connectivity index (χ3v) is 2.89. The van der Waals surface area contributed by atoms with E-state index in [1.807, 2.05) is 31.2 Å². The lowest BCUT2D eigenvalue weighted by atomic mass is 10.1. The summed E-state index contributed by atoms with van der Waals surface area (Å²) < 4.78 is 4.91. The third kappa shape index (κ3) is 2.02.